The maximum atomic E-state index is 12.3. The van der Waals surface area contributed by atoms with E-state index in [2.05, 4.69) is 6.07 Å². The molecule has 0 N–H and O–H groups in total. The Morgan fingerprint density at radius 2 is 2.56 bits per heavy atom. The summed E-state index contributed by atoms with van der Waals surface area (Å²) in [4.78, 5) is 14.0. The standard InChI is InChI=1S/C13H16N2O2S/c14-5-2-6-15(9-12-3-1-7-17-12)13(16)11-4-8-18-10-11/h4,8,10,12H,1-3,6-7,9H2. The number of amides is 1. The molecule has 1 saturated heterocycles. The largest absolute Gasteiger partial charge is 0.376 e. The molecule has 2 heterocycles. The second-order valence-corrected chi connectivity index (χ2v) is 5.09. The molecular formula is C13H16N2O2S. The lowest BCUT2D eigenvalue weighted by Gasteiger charge is -2.24. The van der Waals surface area contributed by atoms with Gasteiger partial charge in [0.2, 0.25) is 0 Å². The van der Waals surface area contributed by atoms with Crippen LogP contribution in [0.2, 0.25) is 0 Å². The SMILES string of the molecule is N#CCCN(CC1CCCO1)C(=O)c1ccsc1. The molecule has 1 aliphatic rings. The van der Waals surface area contributed by atoms with Gasteiger partial charge in [-0.2, -0.15) is 16.6 Å². The Bertz CT molecular complexity index is 419. The van der Waals surface area contributed by atoms with E-state index >= 15 is 0 Å². The van der Waals surface area contributed by atoms with Gasteiger partial charge in [0, 0.05) is 25.1 Å². The first-order chi connectivity index (χ1) is 8.81. The average Bonchev–Trinajstić information content (AvgIpc) is 3.06. The van der Waals surface area contributed by atoms with Crippen molar-refractivity contribution in [3.05, 3.63) is 22.4 Å². The Morgan fingerprint density at radius 3 is 3.17 bits per heavy atom. The maximum Gasteiger partial charge on any atom is 0.254 e. The van der Waals surface area contributed by atoms with E-state index in [1.54, 1.807) is 4.90 Å². The summed E-state index contributed by atoms with van der Waals surface area (Å²) in [5, 5.41) is 12.4. The van der Waals surface area contributed by atoms with Crippen LogP contribution in [0.5, 0.6) is 0 Å². The van der Waals surface area contributed by atoms with Gasteiger partial charge >= 0.3 is 0 Å². The van der Waals surface area contributed by atoms with Gasteiger partial charge in [0.15, 0.2) is 0 Å². The monoisotopic (exact) mass is 264 g/mol. The zero-order chi connectivity index (χ0) is 12.8. The van der Waals surface area contributed by atoms with Crippen LogP contribution in [0.1, 0.15) is 29.6 Å². The van der Waals surface area contributed by atoms with Crippen LogP contribution in [0.3, 0.4) is 0 Å². The van der Waals surface area contributed by atoms with Gasteiger partial charge in [0.05, 0.1) is 24.2 Å². The molecule has 0 aliphatic carbocycles. The summed E-state index contributed by atoms with van der Waals surface area (Å²) in [6.45, 7) is 1.85. The van der Waals surface area contributed by atoms with E-state index in [0.717, 1.165) is 19.4 Å². The number of nitriles is 1. The molecule has 0 bridgehead atoms. The molecule has 2 rings (SSSR count). The van der Waals surface area contributed by atoms with Gasteiger partial charge in [0.1, 0.15) is 0 Å². The highest BCUT2D eigenvalue weighted by Crippen LogP contribution is 2.16. The fourth-order valence-corrected chi connectivity index (χ4v) is 2.69. The third kappa shape index (κ3) is 3.31. The number of thiophene rings is 1. The minimum atomic E-state index is 0.00185. The highest BCUT2D eigenvalue weighted by Gasteiger charge is 2.23. The second-order valence-electron chi connectivity index (χ2n) is 4.31. The van der Waals surface area contributed by atoms with Crippen LogP contribution in [-0.4, -0.2) is 36.6 Å². The average molecular weight is 264 g/mol. The minimum Gasteiger partial charge on any atom is -0.376 e. The van der Waals surface area contributed by atoms with E-state index in [-0.39, 0.29) is 12.0 Å². The first-order valence-corrected chi connectivity index (χ1v) is 7.05. The van der Waals surface area contributed by atoms with Crippen molar-refractivity contribution in [1.29, 1.82) is 5.26 Å². The molecule has 4 nitrogen and oxygen atoms in total. The van der Waals surface area contributed by atoms with Crippen LogP contribution in [-0.2, 0) is 4.74 Å². The fraction of sp³-hybridized carbons (Fsp3) is 0.538. The molecule has 1 aliphatic heterocycles. The van der Waals surface area contributed by atoms with E-state index in [4.69, 9.17) is 10.00 Å². The van der Waals surface area contributed by atoms with E-state index in [1.807, 2.05) is 16.8 Å². The van der Waals surface area contributed by atoms with Crippen LogP contribution in [0.4, 0.5) is 0 Å². The zero-order valence-electron chi connectivity index (χ0n) is 10.2. The Morgan fingerprint density at radius 1 is 1.67 bits per heavy atom. The molecule has 96 valence electrons. The van der Waals surface area contributed by atoms with E-state index in [0.29, 0.717) is 25.1 Å². The molecular weight excluding hydrogens is 248 g/mol. The number of ether oxygens (including phenoxy) is 1. The summed E-state index contributed by atoms with van der Waals surface area (Å²) in [6, 6.07) is 3.91. The fourth-order valence-electron chi connectivity index (χ4n) is 2.06. The molecule has 0 spiro atoms. The van der Waals surface area contributed by atoms with Crippen molar-refractivity contribution in [2.75, 3.05) is 19.7 Å². The van der Waals surface area contributed by atoms with E-state index in [1.165, 1.54) is 11.3 Å². The molecule has 1 atom stereocenters. The normalized spacial score (nSPS) is 18.5. The van der Waals surface area contributed by atoms with Gasteiger partial charge in [-0.1, -0.05) is 0 Å². The maximum absolute atomic E-state index is 12.3. The van der Waals surface area contributed by atoms with Gasteiger partial charge < -0.3 is 9.64 Å². The highest BCUT2D eigenvalue weighted by molar-refractivity contribution is 7.08. The van der Waals surface area contributed by atoms with Crippen LogP contribution in [0.15, 0.2) is 16.8 Å². The summed E-state index contributed by atoms with van der Waals surface area (Å²) in [5.41, 5.74) is 0.705. The summed E-state index contributed by atoms with van der Waals surface area (Å²) in [7, 11) is 0. The molecule has 0 radical (unpaired) electrons. The molecule has 1 amide bonds. The van der Waals surface area contributed by atoms with E-state index < -0.39 is 0 Å². The molecule has 1 unspecified atom stereocenters. The number of hydrogen-bond acceptors (Lipinski definition) is 4. The second kappa shape index (κ2) is 6.53. The Balaban J connectivity index is 1.99. The summed E-state index contributed by atoms with van der Waals surface area (Å²) >= 11 is 1.51. The van der Waals surface area contributed by atoms with Gasteiger partial charge in [-0.05, 0) is 24.3 Å². The highest BCUT2D eigenvalue weighted by atomic mass is 32.1. The number of carbonyl (C=O) groups excluding carboxylic acids is 1. The Kier molecular flexibility index (Phi) is 4.73. The van der Waals surface area contributed by atoms with Crippen molar-refractivity contribution in [3.63, 3.8) is 0 Å². The predicted octanol–water partition coefficient (Wildman–Crippen LogP) is 2.28. The molecule has 0 saturated carbocycles. The third-order valence-electron chi connectivity index (χ3n) is 3.00. The summed E-state index contributed by atoms with van der Waals surface area (Å²) < 4.78 is 5.56. The van der Waals surface area contributed by atoms with Crippen molar-refractivity contribution < 1.29 is 9.53 Å². The third-order valence-corrected chi connectivity index (χ3v) is 3.68. The zero-order valence-corrected chi connectivity index (χ0v) is 11.0. The van der Waals surface area contributed by atoms with Crippen LogP contribution in [0, 0.1) is 11.3 Å². The van der Waals surface area contributed by atoms with Gasteiger partial charge in [-0.3, -0.25) is 4.79 Å². The van der Waals surface area contributed by atoms with Crippen molar-refractivity contribution in [2.45, 2.75) is 25.4 Å². The van der Waals surface area contributed by atoms with Gasteiger partial charge in [-0.15, -0.1) is 0 Å². The van der Waals surface area contributed by atoms with Gasteiger partial charge in [0.25, 0.3) is 5.91 Å². The van der Waals surface area contributed by atoms with Crippen molar-refractivity contribution >= 4 is 17.2 Å². The number of hydrogen-bond donors (Lipinski definition) is 0. The predicted molar refractivity (Wildman–Crippen MR) is 69.4 cm³/mol. The van der Waals surface area contributed by atoms with Crippen LogP contribution >= 0.6 is 11.3 Å². The van der Waals surface area contributed by atoms with Crippen LogP contribution < -0.4 is 0 Å². The Hall–Kier alpha value is -1.38. The van der Waals surface area contributed by atoms with Crippen molar-refractivity contribution in [2.24, 2.45) is 0 Å². The van der Waals surface area contributed by atoms with Crippen LogP contribution in [0.25, 0.3) is 0 Å². The molecule has 18 heavy (non-hydrogen) atoms. The number of carbonyl (C=O) groups is 1. The summed E-state index contributed by atoms with van der Waals surface area (Å²) in [5.74, 6) is 0.00185. The topological polar surface area (TPSA) is 53.3 Å². The first kappa shape index (κ1) is 13.1. The summed E-state index contributed by atoms with van der Waals surface area (Å²) in [6.07, 6.45) is 2.55. The van der Waals surface area contributed by atoms with Gasteiger partial charge in [-0.25, -0.2) is 0 Å². The minimum absolute atomic E-state index is 0.00185. The number of rotatable bonds is 5. The molecule has 1 aromatic rings. The molecule has 1 fully saturated rings. The van der Waals surface area contributed by atoms with Crippen molar-refractivity contribution in [1.82, 2.24) is 4.90 Å². The van der Waals surface area contributed by atoms with Crippen molar-refractivity contribution in [3.8, 4) is 6.07 Å². The molecule has 1 aromatic heterocycles. The lowest BCUT2D eigenvalue weighted by Crippen LogP contribution is -2.37. The lowest BCUT2D eigenvalue weighted by molar-refractivity contribution is 0.0531. The molecule has 5 heteroatoms. The van der Waals surface area contributed by atoms with E-state index in [9.17, 15) is 4.79 Å². The lowest BCUT2D eigenvalue weighted by atomic mass is 10.2. The first-order valence-electron chi connectivity index (χ1n) is 6.11. The quantitative estimate of drug-likeness (QED) is 0.820. The molecule has 0 aromatic carbocycles. The number of nitrogens with zero attached hydrogens (tertiary/aromatic N) is 2. The Labute approximate surface area is 111 Å². The smallest absolute Gasteiger partial charge is 0.254 e.